The van der Waals surface area contributed by atoms with Crippen molar-refractivity contribution in [2.45, 2.75) is 52.4 Å². The normalized spacial score (nSPS) is 12.3. The zero-order chi connectivity index (χ0) is 15.0. The van der Waals surface area contributed by atoms with Gasteiger partial charge in [0, 0.05) is 0 Å². The standard InChI is InChI=1S/C15H22O3.Mo/c1-14(2,3)9-7-10(13(17)18)12(16)11(8-9)15(4,5)6;/h7-8,16H,1-6H3,(H,17,18);/q;+1/p-1. The van der Waals surface area contributed by atoms with Gasteiger partial charge in [0.05, 0.1) is 0 Å². The third-order valence-electron chi connectivity index (χ3n) is 3.08. The molecule has 0 aliphatic carbocycles. The van der Waals surface area contributed by atoms with E-state index >= 15 is 0 Å². The van der Waals surface area contributed by atoms with Gasteiger partial charge in [-0.3, -0.25) is 0 Å². The van der Waals surface area contributed by atoms with Crippen molar-refractivity contribution in [2.75, 3.05) is 0 Å². The van der Waals surface area contributed by atoms with Crippen LogP contribution < -0.4 is 0 Å². The Labute approximate surface area is 126 Å². The molecular formula is C15H21MoO3. The third-order valence-corrected chi connectivity index (χ3v) is 3.45. The first-order chi connectivity index (χ1) is 8.48. The first-order valence-electron chi connectivity index (χ1n) is 6.20. The molecule has 1 aromatic rings. The average Bonchev–Trinajstić information content (AvgIpc) is 2.25. The van der Waals surface area contributed by atoms with Gasteiger partial charge in [-0.1, -0.05) is 0 Å². The van der Waals surface area contributed by atoms with Gasteiger partial charge in [-0.2, -0.15) is 0 Å². The topological polar surface area (TPSA) is 46.5 Å². The fraction of sp³-hybridized carbons (Fsp3) is 0.533. The Morgan fingerprint density at radius 3 is 2.00 bits per heavy atom. The van der Waals surface area contributed by atoms with E-state index in [1.807, 2.05) is 26.8 Å². The number of carbonyl (C=O) groups is 1. The summed E-state index contributed by atoms with van der Waals surface area (Å²) in [5, 5.41) is 10.3. The molecule has 0 aliphatic rings. The van der Waals surface area contributed by atoms with E-state index in [2.05, 4.69) is 20.8 Å². The quantitative estimate of drug-likeness (QED) is 0.791. The van der Waals surface area contributed by atoms with Crippen LogP contribution in [0.2, 0.25) is 0 Å². The fourth-order valence-corrected chi connectivity index (χ4v) is 2.06. The summed E-state index contributed by atoms with van der Waals surface area (Å²) in [6.45, 7) is 12.3. The molecule has 0 bridgehead atoms. The van der Waals surface area contributed by atoms with Crippen molar-refractivity contribution >= 4 is 5.97 Å². The summed E-state index contributed by atoms with van der Waals surface area (Å²) in [5.74, 6) is -0.479. The molecule has 0 fully saturated rings. The molecule has 0 amide bonds. The van der Waals surface area contributed by atoms with Crippen molar-refractivity contribution in [2.24, 2.45) is 0 Å². The Morgan fingerprint density at radius 2 is 1.63 bits per heavy atom. The summed E-state index contributed by atoms with van der Waals surface area (Å²) >= 11 is 1.25. The van der Waals surface area contributed by atoms with Crippen molar-refractivity contribution in [3.05, 3.63) is 28.8 Å². The van der Waals surface area contributed by atoms with Crippen LogP contribution in [0.5, 0.6) is 5.75 Å². The minimum atomic E-state index is -0.501. The molecule has 0 atom stereocenters. The van der Waals surface area contributed by atoms with Crippen LogP contribution in [0.4, 0.5) is 0 Å². The monoisotopic (exact) mass is 347 g/mol. The average molecular weight is 345 g/mol. The molecule has 1 N–H and O–H groups in total. The maximum absolute atomic E-state index is 11.8. The molecule has 0 saturated heterocycles. The van der Waals surface area contributed by atoms with Gasteiger partial charge in [-0.15, -0.1) is 0 Å². The first kappa shape index (κ1) is 16.2. The van der Waals surface area contributed by atoms with Crippen molar-refractivity contribution in [1.82, 2.24) is 0 Å². The van der Waals surface area contributed by atoms with E-state index in [9.17, 15) is 9.90 Å². The van der Waals surface area contributed by atoms with E-state index in [0.717, 1.165) is 11.1 Å². The molecule has 0 saturated carbocycles. The molecule has 0 unspecified atom stereocenters. The van der Waals surface area contributed by atoms with E-state index in [4.69, 9.17) is 3.39 Å². The van der Waals surface area contributed by atoms with Crippen molar-refractivity contribution in [3.63, 3.8) is 0 Å². The van der Waals surface area contributed by atoms with Crippen molar-refractivity contribution < 1.29 is 33.5 Å². The van der Waals surface area contributed by atoms with Gasteiger partial charge in [0.25, 0.3) is 0 Å². The Bertz CT molecular complexity index is 493. The summed E-state index contributed by atoms with van der Waals surface area (Å²) in [6.07, 6.45) is 0. The van der Waals surface area contributed by atoms with Crippen LogP contribution in [-0.4, -0.2) is 11.1 Å². The molecule has 19 heavy (non-hydrogen) atoms. The van der Waals surface area contributed by atoms with Crippen LogP contribution in [-0.2, 0) is 34.4 Å². The zero-order valence-corrected chi connectivity index (χ0v) is 14.3. The Hall–Kier alpha value is -0.822. The van der Waals surface area contributed by atoms with Crippen molar-refractivity contribution in [1.29, 1.82) is 0 Å². The minimum absolute atomic E-state index is 0.0223. The van der Waals surface area contributed by atoms with Crippen LogP contribution in [0.25, 0.3) is 0 Å². The third kappa shape index (κ3) is 3.60. The Kier molecular flexibility index (Phi) is 4.51. The van der Waals surface area contributed by atoms with E-state index in [0.29, 0.717) is 0 Å². The molecule has 3 nitrogen and oxygen atoms in total. The summed E-state index contributed by atoms with van der Waals surface area (Å²) < 4.78 is 4.76. The van der Waals surface area contributed by atoms with E-state index in [-0.39, 0.29) is 22.1 Å². The number of hydrogen-bond donors (Lipinski definition) is 1. The number of carbonyl (C=O) groups excluding carboxylic acids is 1. The van der Waals surface area contributed by atoms with Gasteiger partial charge in [-0.25, -0.2) is 0 Å². The summed E-state index contributed by atoms with van der Waals surface area (Å²) in [4.78, 5) is 11.8. The second-order valence-corrected chi connectivity index (χ2v) is 7.20. The maximum atomic E-state index is 11.8. The van der Waals surface area contributed by atoms with Gasteiger partial charge in [0.15, 0.2) is 0 Å². The van der Waals surface area contributed by atoms with Crippen molar-refractivity contribution in [3.8, 4) is 5.75 Å². The van der Waals surface area contributed by atoms with E-state index in [1.165, 1.54) is 20.2 Å². The number of rotatable bonds is 1. The predicted molar refractivity (Wildman–Crippen MR) is 70.9 cm³/mol. The van der Waals surface area contributed by atoms with Gasteiger partial charge >= 0.3 is 126 Å². The molecule has 0 spiro atoms. The Balaban J connectivity index is 3.62. The molecule has 105 valence electrons. The van der Waals surface area contributed by atoms with Gasteiger partial charge in [0.1, 0.15) is 0 Å². The molecule has 0 aromatic heterocycles. The van der Waals surface area contributed by atoms with Crippen LogP contribution >= 0.6 is 0 Å². The van der Waals surface area contributed by atoms with Crippen LogP contribution in [0.3, 0.4) is 0 Å². The first-order valence-corrected chi connectivity index (χ1v) is 7.02. The molecular weight excluding hydrogens is 324 g/mol. The number of phenols is 1. The second-order valence-electron chi connectivity index (χ2n) is 6.79. The summed E-state index contributed by atoms with van der Waals surface area (Å²) in [7, 11) is 0. The van der Waals surface area contributed by atoms with Gasteiger partial charge in [-0.05, 0) is 0 Å². The van der Waals surface area contributed by atoms with Gasteiger partial charge in [0.2, 0.25) is 0 Å². The summed E-state index contributed by atoms with van der Waals surface area (Å²) in [5.41, 5.74) is 1.67. The molecule has 0 heterocycles. The van der Waals surface area contributed by atoms with E-state index < -0.39 is 5.97 Å². The van der Waals surface area contributed by atoms with E-state index in [1.54, 1.807) is 6.07 Å². The molecule has 0 aliphatic heterocycles. The van der Waals surface area contributed by atoms with Crippen LogP contribution in [0.1, 0.15) is 63.0 Å². The number of aromatic hydroxyl groups is 1. The zero-order valence-electron chi connectivity index (χ0n) is 12.3. The number of phenolic OH excluding ortho intramolecular Hbond substituents is 1. The Morgan fingerprint density at radius 1 is 1.11 bits per heavy atom. The predicted octanol–water partition coefficient (Wildman–Crippen LogP) is 3.61. The molecule has 1 rings (SSSR count). The second kappa shape index (κ2) is 5.28. The van der Waals surface area contributed by atoms with Gasteiger partial charge < -0.3 is 0 Å². The number of benzene rings is 1. The SMILES string of the molecule is CC(C)(C)c1cc(C(=O)[O][Mo])c(O)c(C(C)(C)C)c1. The summed E-state index contributed by atoms with van der Waals surface area (Å²) in [6, 6.07) is 3.70. The molecule has 4 heteroatoms. The number of hydrogen-bond acceptors (Lipinski definition) is 3. The van der Waals surface area contributed by atoms with Crippen LogP contribution in [0.15, 0.2) is 12.1 Å². The van der Waals surface area contributed by atoms with Crippen LogP contribution in [0, 0.1) is 0 Å². The molecule has 1 aromatic carbocycles. The fourth-order valence-electron chi connectivity index (χ4n) is 1.84. The molecule has 0 radical (unpaired) electrons.